The first kappa shape index (κ1) is 26.7. The molecule has 41 heavy (non-hydrogen) atoms. The quantitative estimate of drug-likeness (QED) is 0.303. The van der Waals surface area contributed by atoms with Crippen molar-refractivity contribution in [3.8, 4) is 11.5 Å². The van der Waals surface area contributed by atoms with Crippen LogP contribution in [0, 0.1) is 12.8 Å². The Morgan fingerprint density at radius 3 is 2.66 bits per heavy atom. The van der Waals surface area contributed by atoms with Gasteiger partial charge in [-0.2, -0.15) is 5.10 Å². The summed E-state index contributed by atoms with van der Waals surface area (Å²) in [5.41, 5.74) is 2.10. The van der Waals surface area contributed by atoms with Crippen molar-refractivity contribution in [3.63, 3.8) is 0 Å². The molecule has 3 aromatic heterocycles. The highest BCUT2D eigenvalue weighted by Gasteiger charge is 2.30. The maximum absolute atomic E-state index is 13.1. The van der Waals surface area contributed by atoms with E-state index in [-0.39, 0.29) is 23.8 Å². The maximum Gasteiger partial charge on any atom is 0.256 e. The van der Waals surface area contributed by atoms with Crippen LogP contribution in [-0.2, 0) is 9.53 Å². The smallest absolute Gasteiger partial charge is 0.256 e. The van der Waals surface area contributed by atoms with E-state index in [0.29, 0.717) is 54.1 Å². The molecule has 2 amide bonds. The van der Waals surface area contributed by atoms with Crippen LogP contribution >= 0.6 is 0 Å². The van der Waals surface area contributed by atoms with Crippen molar-refractivity contribution in [1.82, 2.24) is 25.1 Å². The summed E-state index contributed by atoms with van der Waals surface area (Å²) in [5, 5.41) is 14.5. The lowest BCUT2D eigenvalue weighted by Crippen LogP contribution is -2.48. The Morgan fingerprint density at radius 1 is 1.05 bits per heavy atom. The normalized spacial score (nSPS) is 17.8. The number of hydrogen-bond acceptors (Lipinski definition) is 8. The lowest BCUT2D eigenvalue weighted by Gasteiger charge is -2.36. The highest BCUT2D eigenvalue weighted by atomic mass is 16.5. The molecule has 0 radical (unpaired) electrons. The Hall–Kier alpha value is -4.51. The molecule has 0 spiro atoms. The Bertz CT molecular complexity index is 1530. The average Bonchev–Trinajstić information content (AvgIpc) is 3.41. The summed E-state index contributed by atoms with van der Waals surface area (Å²) in [6.07, 6.45) is 6.76. The molecule has 1 unspecified atom stereocenters. The Morgan fingerprint density at radius 2 is 1.85 bits per heavy atom. The molecular weight excluding hydrogens is 522 g/mol. The summed E-state index contributed by atoms with van der Waals surface area (Å²) >= 11 is 0. The largest absolute Gasteiger partial charge is 0.456 e. The monoisotopic (exact) mass is 555 g/mol. The topological polar surface area (TPSA) is 134 Å². The lowest BCUT2D eigenvalue weighted by atomic mass is 9.96. The summed E-state index contributed by atoms with van der Waals surface area (Å²) in [6.45, 7) is 4.66. The lowest BCUT2D eigenvalue weighted by molar-refractivity contribution is -0.139. The molecule has 1 atom stereocenters. The summed E-state index contributed by atoms with van der Waals surface area (Å²) in [5.74, 6) is 2.32. The number of aromatic amines is 1. The van der Waals surface area contributed by atoms with Gasteiger partial charge in [-0.1, -0.05) is 0 Å². The van der Waals surface area contributed by atoms with E-state index in [2.05, 4.69) is 30.8 Å². The van der Waals surface area contributed by atoms with Gasteiger partial charge in [-0.3, -0.25) is 14.7 Å². The number of aryl methyl sites for hydroxylation is 1. The van der Waals surface area contributed by atoms with Crippen LogP contribution in [0.4, 0.5) is 11.6 Å². The zero-order valence-corrected chi connectivity index (χ0v) is 22.9. The van der Waals surface area contributed by atoms with Crippen LogP contribution < -0.4 is 15.4 Å². The summed E-state index contributed by atoms with van der Waals surface area (Å²) in [7, 11) is 0. The molecule has 2 aliphatic rings. The van der Waals surface area contributed by atoms with Crippen molar-refractivity contribution in [2.75, 3.05) is 36.9 Å². The fourth-order valence-electron chi connectivity index (χ4n) is 5.40. The van der Waals surface area contributed by atoms with Gasteiger partial charge in [-0.15, -0.1) is 0 Å². The first-order valence-electron chi connectivity index (χ1n) is 14.0. The molecule has 4 aromatic rings. The molecule has 6 rings (SSSR count). The number of nitrogens with one attached hydrogen (secondary N) is 3. The number of fused-ring (bicyclic) bond motifs is 1. The van der Waals surface area contributed by atoms with Crippen LogP contribution in [0.3, 0.4) is 0 Å². The number of pyridine rings is 2. The average molecular weight is 556 g/mol. The molecule has 0 bridgehead atoms. The molecule has 5 heterocycles. The molecule has 0 aliphatic carbocycles. The second-order valence-electron chi connectivity index (χ2n) is 10.6. The zero-order valence-electron chi connectivity index (χ0n) is 22.9. The van der Waals surface area contributed by atoms with E-state index < -0.39 is 0 Å². The van der Waals surface area contributed by atoms with E-state index >= 15 is 0 Å². The van der Waals surface area contributed by atoms with Crippen LogP contribution in [0.5, 0.6) is 11.5 Å². The van der Waals surface area contributed by atoms with Crippen molar-refractivity contribution < 1.29 is 19.1 Å². The van der Waals surface area contributed by atoms with Crippen molar-refractivity contribution in [2.45, 2.75) is 38.6 Å². The molecule has 3 N–H and O–H groups in total. The van der Waals surface area contributed by atoms with Gasteiger partial charge in [0.1, 0.15) is 22.7 Å². The first-order chi connectivity index (χ1) is 20.0. The van der Waals surface area contributed by atoms with E-state index in [0.717, 1.165) is 43.2 Å². The third-order valence-corrected chi connectivity index (χ3v) is 7.57. The highest BCUT2D eigenvalue weighted by Crippen LogP contribution is 2.34. The second kappa shape index (κ2) is 11.9. The fraction of sp³-hybridized carbons (Fsp3) is 0.367. The number of aromatic nitrogens is 4. The fourth-order valence-corrected chi connectivity index (χ4v) is 5.40. The van der Waals surface area contributed by atoms with E-state index in [9.17, 15) is 9.59 Å². The number of benzene rings is 1. The van der Waals surface area contributed by atoms with Crippen LogP contribution in [-0.4, -0.2) is 69.2 Å². The van der Waals surface area contributed by atoms with Gasteiger partial charge in [0.05, 0.1) is 0 Å². The Kier molecular flexibility index (Phi) is 7.77. The minimum Gasteiger partial charge on any atom is -0.456 e. The number of anilines is 2. The van der Waals surface area contributed by atoms with Gasteiger partial charge < -0.3 is 25.0 Å². The van der Waals surface area contributed by atoms with Crippen LogP contribution in [0.25, 0.3) is 11.0 Å². The molecule has 212 valence electrons. The number of nitrogens with zero attached hydrogens (tertiary/aromatic N) is 4. The van der Waals surface area contributed by atoms with E-state index in [1.165, 1.54) is 0 Å². The van der Waals surface area contributed by atoms with Crippen LogP contribution in [0.1, 0.15) is 41.6 Å². The zero-order chi connectivity index (χ0) is 28.2. The number of rotatable bonds is 7. The van der Waals surface area contributed by atoms with Gasteiger partial charge in [0, 0.05) is 62.3 Å². The summed E-state index contributed by atoms with van der Waals surface area (Å²) in [4.78, 5) is 36.4. The number of hydrogen-bond donors (Lipinski definition) is 3. The number of carbonyl (C=O) groups excluding carboxylic acids is 2. The van der Waals surface area contributed by atoms with Gasteiger partial charge >= 0.3 is 0 Å². The number of amides is 2. The first-order valence-corrected chi connectivity index (χ1v) is 14.0. The molecular formula is C30H33N7O4. The SMILES string of the molecule is Cc1ccnc(NC(=O)c2ccc(Oc3ccnc4[nH]nc(NC5CCCN(C(=O)C6CCOCC6)C5)c34)cc2)c1. The molecule has 2 fully saturated rings. The van der Waals surface area contributed by atoms with Crippen molar-refractivity contribution in [1.29, 1.82) is 0 Å². The van der Waals surface area contributed by atoms with E-state index in [4.69, 9.17) is 9.47 Å². The number of piperidine rings is 1. The van der Waals surface area contributed by atoms with Gasteiger partial charge in [0.2, 0.25) is 5.91 Å². The van der Waals surface area contributed by atoms with Gasteiger partial charge in [0.15, 0.2) is 11.5 Å². The number of carbonyl (C=O) groups is 2. The minimum atomic E-state index is -0.251. The Balaban J connectivity index is 1.14. The highest BCUT2D eigenvalue weighted by molar-refractivity contribution is 6.03. The second-order valence-corrected chi connectivity index (χ2v) is 10.6. The van der Waals surface area contributed by atoms with E-state index in [1.54, 1.807) is 42.7 Å². The standard InChI is InChI=1S/C30H33N7O4/c1-19-8-12-31-25(17-19)34-29(38)20-4-6-23(7-5-20)41-24-9-13-32-27-26(24)28(36-35-27)33-22-3-2-14-37(18-22)30(39)21-10-15-40-16-11-21/h4-9,12-13,17,21-22H,2-3,10-11,14-16,18H2,1H3,(H,31,34,38)(H2,32,33,35,36). The van der Waals surface area contributed by atoms with Crippen LogP contribution in [0.2, 0.25) is 0 Å². The minimum absolute atomic E-state index is 0.0505. The van der Waals surface area contributed by atoms with Gasteiger partial charge in [-0.05, 0) is 74.6 Å². The molecule has 2 aliphatic heterocycles. The molecule has 1 aromatic carbocycles. The van der Waals surface area contributed by atoms with Crippen molar-refractivity contribution >= 4 is 34.5 Å². The summed E-state index contributed by atoms with van der Waals surface area (Å²) in [6, 6.07) is 12.5. The Labute approximate surface area is 237 Å². The molecule has 0 saturated carbocycles. The van der Waals surface area contributed by atoms with Crippen molar-refractivity contribution in [3.05, 3.63) is 66.0 Å². The number of H-pyrrole nitrogens is 1. The predicted molar refractivity (Wildman–Crippen MR) is 154 cm³/mol. The van der Waals surface area contributed by atoms with E-state index in [1.807, 2.05) is 24.0 Å². The maximum atomic E-state index is 13.1. The number of likely N-dealkylation sites (tertiary alicyclic amines) is 1. The van der Waals surface area contributed by atoms with Gasteiger partial charge in [0.25, 0.3) is 5.91 Å². The van der Waals surface area contributed by atoms with Crippen molar-refractivity contribution in [2.24, 2.45) is 5.92 Å². The number of ether oxygens (including phenoxy) is 2. The predicted octanol–water partition coefficient (Wildman–Crippen LogP) is 4.54. The summed E-state index contributed by atoms with van der Waals surface area (Å²) < 4.78 is 11.7. The third kappa shape index (κ3) is 6.14. The molecule has 2 saturated heterocycles. The molecule has 11 heteroatoms. The third-order valence-electron chi connectivity index (χ3n) is 7.57. The van der Waals surface area contributed by atoms with Crippen LogP contribution in [0.15, 0.2) is 54.9 Å². The van der Waals surface area contributed by atoms with Gasteiger partial charge in [-0.25, -0.2) is 9.97 Å². The molecule has 11 nitrogen and oxygen atoms in total.